The Hall–Kier alpha value is -5.13. The van der Waals surface area contributed by atoms with E-state index in [2.05, 4.69) is 0 Å². The maximum atomic E-state index is 14.2. The number of rotatable bonds is 6. The molecule has 4 amide bonds. The Kier molecular flexibility index (Phi) is 6.15. The molecule has 12 heteroatoms. The van der Waals surface area contributed by atoms with Crippen LogP contribution in [0.5, 0.6) is 0 Å². The van der Waals surface area contributed by atoms with Crippen LogP contribution in [0.1, 0.15) is 41.5 Å². The molecule has 5 aliphatic rings. The molecule has 2 aliphatic heterocycles. The summed E-state index contributed by atoms with van der Waals surface area (Å²) in [5, 5.41) is 18.5. The van der Waals surface area contributed by atoms with Crippen molar-refractivity contribution < 1.29 is 48.5 Å². The van der Waals surface area contributed by atoms with Gasteiger partial charge in [-0.1, -0.05) is 12.5 Å². The smallest absolute Gasteiger partial charge is 0.335 e. The standard InChI is InChI=1S/C31H26N2O10/c1-4-43-30(42)21-13(2)18-19-22(26(36)32(24(19)34)16-9-5-14(6-10-16)28(38)39)31(21,3)23-20(18)25(35)33(27(23)37)17-11-7-15(8-12-17)29(40)41/h5-12,18-20,22-23H,4H2,1-3H3,(H,38,39)(H,40,41)/t18?,19-,20-,22-,23+,31?/m1/s1. The van der Waals surface area contributed by atoms with Crippen LogP contribution < -0.4 is 9.80 Å². The molecule has 2 aromatic rings. The minimum Gasteiger partial charge on any atom is -0.478 e. The molecule has 2 bridgehead atoms. The van der Waals surface area contributed by atoms with Gasteiger partial charge in [0.2, 0.25) is 23.6 Å². The summed E-state index contributed by atoms with van der Waals surface area (Å²) >= 11 is 0. The fourth-order valence-electron chi connectivity index (χ4n) is 7.82. The van der Waals surface area contributed by atoms with Crippen molar-refractivity contribution in [3.05, 3.63) is 70.8 Å². The van der Waals surface area contributed by atoms with Gasteiger partial charge in [0.25, 0.3) is 0 Å². The van der Waals surface area contributed by atoms with E-state index in [0.29, 0.717) is 5.57 Å². The molecule has 43 heavy (non-hydrogen) atoms. The molecule has 0 radical (unpaired) electrons. The van der Waals surface area contributed by atoms with Crippen LogP contribution in [0.4, 0.5) is 11.4 Å². The maximum Gasteiger partial charge on any atom is 0.335 e. The molecule has 1 saturated carbocycles. The Morgan fingerprint density at radius 3 is 1.47 bits per heavy atom. The molecular weight excluding hydrogens is 560 g/mol. The summed E-state index contributed by atoms with van der Waals surface area (Å²) in [5.41, 5.74) is -0.933. The van der Waals surface area contributed by atoms with Crippen molar-refractivity contribution in [1.82, 2.24) is 0 Å². The minimum atomic E-state index is -1.61. The van der Waals surface area contributed by atoms with Crippen molar-refractivity contribution in [2.24, 2.45) is 35.0 Å². The van der Waals surface area contributed by atoms with E-state index in [-0.39, 0.29) is 34.7 Å². The second-order valence-electron chi connectivity index (χ2n) is 11.3. The van der Waals surface area contributed by atoms with E-state index >= 15 is 0 Å². The first kappa shape index (κ1) is 28.0. The number of carboxylic acid groups (broad SMARTS) is 2. The molecule has 220 valence electrons. The van der Waals surface area contributed by atoms with Gasteiger partial charge in [0.15, 0.2) is 0 Å². The molecular formula is C31H26N2O10. The van der Waals surface area contributed by atoms with Gasteiger partial charge in [-0.2, -0.15) is 0 Å². The van der Waals surface area contributed by atoms with Gasteiger partial charge in [0.1, 0.15) is 0 Å². The van der Waals surface area contributed by atoms with Gasteiger partial charge in [0.05, 0.1) is 52.8 Å². The lowest BCUT2D eigenvalue weighted by atomic mass is 9.43. The lowest BCUT2D eigenvalue weighted by molar-refractivity contribution is -0.155. The fourth-order valence-corrected chi connectivity index (χ4v) is 7.82. The minimum absolute atomic E-state index is 0.0163. The van der Waals surface area contributed by atoms with Crippen LogP contribution >= 0.6 is 0 Å². The lowest BCUT2D eigenvalue weighted by Gasteiger charge is -2.55. The third-order valence-electron chi connectivity index (χ3n) is 9.43. The SMILES string of the molecule is CCOC(=O)C1=C(C)C2[C@H]3C(=O)N(c4ccc(C(=O)O)cc4)C(=O)[C@H]3C1(C)[C@H]1C(=O)N(c3ccc(C(=O)O)cc3)C(=O)[C@H]21. The van der Waals surface area contributed by atoms with Crippen LogP contribution in [-0.4, -0.2) is 58.4 Å². The molecule has 2 heterocycles. The lowest BCUT2D eigenvalue weighted by Crippen LogP contribution is -2.61. The molecule has 2 saturated heterocycles. The molecule has 0 spiro atoms. The molecule has 7 rings (SSSR count). The molecule has 0 aromatic heterocycles. The number of allylic oxidation sites excluding steroid dienone is 1. The Morgan fingerprint density at radius 2 is 1.12 bits per heavy atom. The largest absolute Gasteiger partial charge is 0.478 e. The number of hydrogen-bond donors (Lipinski definition) is 2. The van der Waals surface area contributed by atoms with Crippen LogP contribution in [0.15, 0.2) is 59.7 Å². The van der Waals surface area contributed by atoms with E-state index in [1.54, 1.807) is 20.8 Å². The van der Waals surface area contributed by atoms with E-state index < -0.39 is 76.5 Å². The quantitative estimate of drug-likeness (QED) is 0.378. The van der Waals surface area contributed by atoms with E-state index in [9.17, 15) is 43.8 Å². The summed E-state index contributed by atoms with van der Waals surface area (Å²) < 4.78 is 5.36. The van der Waals surface area contributed by atoms with Crippen molar-refractivity contribution in [3.63, 3.8) is 0 Å². The van der Waals surface area contributed by atoms with Gasteiger partial charge in [-0.15, -0.1) is 0 Å². The number of carbonyl (C=O) groups excluding carboxylic acids is 5. The van der Waals surface area contributed by atoms with E-state index in [0.717, 1.165) is 9.80 Å². The highest BCUT2D eigenvalue weighted by atomic mass is 16.5. The average Bonchev–Trinajstić information content (AvgIpc) is 3.39. The first-order valence-electron chi connectivity index (χ1n) is 13.7. The summed E-state index contributed by atoms with van der Waals surface area (Å²) in [4.78, 5) is 94.5. The number of amides is 4. The monoisotopic (exact) mass is 586 g/mol. The van der Waals surface area contributed by atoms with Gasteiger partial charge < -0.3 is 14.9 Å². The highest BCUT2D eigenvalue weighted by Crippen LogP contribution is 2.68. The third-order valence-corrected chi connectivity index (χ3v) is 9.43. The number of imide groups is 2. The van der Waals surface area contributed by atoms with Crippen molar-refractivity contribution >= 4 is 52.9 Å². The molecule has 3 fully saturated rings. The molecule has 6 atom stereocenters. The zero-order valence-corrected chi connectivity index (χ0v) is 23.3. The highest BCUT2D eigenvalue weighted by molar-refractivity contribution is 6.27. The molecule has 3 aliphatic carbocycles. The summed E-state index contributed by atoms with van der Waals surface area (Å²) in [6.07, 6.45) is 0. The predicted octanol–water partition coefficient (Wildman–Crippen LogP) is 2.52. The van der Waals surface area contributed by atoms with E-state index in [1.807, 2.05) is 0 Å². The second kappa shape index (κ2) is 9.45. The summed E-state index contributed by atoms with van der Waals surface area (Å²) in [5.74, 6) is -11.1. The van der Waals surface area contributed by atoms with Crippen LogP contribution in [0, 0.1) is 35.0 Å². The Labute approximate surface area is 244 Å². The van der Waals surface area contributed by atoms with Crippen LogP contribution in [0.3, 0.4) is 0 Å². The third kappa shape index (κ3) is 3.58. The van der Waals surface area contributed by atoms with Crippen LogP contribution in [0.2, 0.25) is 0 Å². The predicted molar refractivity (Wildman–Crippen MR) is 147 cm³/mol. The molecule has 2 aromatic carbocycles. The number of esters is 1. The number of carbonyl (C=O) groups is 7. The first-order chi connectivity index (χ1) is 20.4. The number of benzene rings is 2. The zero-order chi connectivity index (χ0) is 31.1. The van der Waals surface area contributed by atoms with Gasteiger partial charge in [-0.3, -0.25) is 29.0 Å². The zero-order valence-electron chi connectivity index (χ0n) is 23.3. The second-order valence-corrected chi connectivity index (χ2v) is 11.3. The Balaban J connectivity index is 1.49. The first-order valence-corrected chi connectivity index (χ1v) is 13.7. The highest BCUT2D eigenvalue weighted by Gasteiger charge is 2.77. The van der Waals surface area contributed by atoms with Gasteiger partial charge in [-0.05, 0) is 62.4 Å². The Bertz CT molecular complexity index is 1590. The normalized spacial score (nSPS) is 29.2. The van der Waals surface area contributed by atoms with Crippen molar-refractivity contribution in [2.45, 2.75) is 20.8 Å². The molecule has 12 nitrogen and oxygen atoms in total. The van der Waals surface area contributed by atoms with Gasteiger partial charge in [-0.25, -0.2) is 14.4 Å². The van der Waals surface area contributed by atoms with Gasteiger partial charge >= 0.3 is 17.9 Å². The topological polar surface area (TPSA) is 176 Å². The maximum absolute atomic E-state index is 14.2. The number of anilines is 2. The van der Waals surface area contributed by atoms with E-state index in [4.69, 9.17) is 4.74 Å². The van der Waals surface area contributed by atoms with Crippen LogP contribution in [-0.2, 0) is 28.7 Å². The van der Waals surface area contributed by atoms with Crippen molar-refractivity contribution in [2.75, 3.05) is 16.4 Å². The van der Waals surface area contributed by atoms with Crippen molar-refractivity contribution in [1.29, 1.82) is 0 Å². The number of aromatic carboxylic acids is 2. The van der Waals surface area contributed by atoms with Crippen molar-refractivity contribution in [3.8, 4) is 0 Å². The summed E-state index contributed by atoms with van der Waals surface area (Å²) in [7, 11) is 0. The molecule has 2 unspecified atom stereocenters. The average molecular weight is 587 g/mol. The number of hydrogen-bond acceptors (Lipinski definition) is 8. The Morgan fingerprint density at radius 1 is 0.721 bits per heavy atom. The molecule has 2 N–H and O–H groups in total. The summed E-state index contributed by atoms with van der Waals surface area (Å²) in [6.45, 7) is 4.80. The van der Waals surface area contributed by atoms with E-state index in [1.165, 1.54) is 48.5 Å². The summed E-state index contributed by atoms with van der Waals surface area (Å²) in [6, 6.07) is 10.4. The number of ether oxygens (including phenoxy) is 1. The number of carboxylic acids is 2. The fraction of sp³-hybridized carbons (Fsp3) is 0.323. The van der Waals surface area contributed by atoms with Crippen LogP contribution in [0.25, 0.3) is 0 Å². The number of nitrogens with zero attached hydrogens (tertiary/aromatic N) is 2. The van der Waals surface area contributed by atoms with Gasteiger partial charge in [0, 0.05) is 16.9 Å².